The van der Waals surface area contributed by atoms with E-state index in [1.807, 2.05) is 72.8 Å². The maximum atomic E-state index is 12.1. The molecule has 4 rings (SSSR count). The van der Waals surface area contributed by atoms with Crippen molar-refractivity contribution >= 4 is 30.6 Å². The van der Waals surface area contributed by atoms with Gasteiger partial charge < -0.3 is 23.4 Å². The molecule has 0 saturated heterocycles. The monoisotopic (exact) mass is 769 g/mol. The first-order valence-corrected chi connectivity index (χ1v) is 21.5. The van der Waals surface area contributed by atoms with Gasteiger partial charge in [0.05, 0.1) is 49.2 Å². The van der Waals surface area contributed by atoms with E-state index in [0.29, 0.717) is 26.1 Å². The van der Waals surface area contributed by atoms with Crippen LogP contribution in [0.1, 0.15) is 102 Å². The minimum Gasteiger partial charge on any atom is -0.756 e. The first-order valence-electron chi connectivity index (χ1n) is 20.0. The predicted octanol–water partition coefficient (Wildman–Crippen LogP) is 13.3. The van der Waals surface area contributed by atoms with Crippen molar-refractivity contribution in [2.24, 2.45) is 20.5 Å². The van der Waals surface area contributed by atoms with Gasteiger partial charge in [0.1, 0.15) is 11.5 Å². The van der Waals surface area contributed by atoms with Gasteiger partial charge in [-0.05, 0) is 148 Å². The molecule has 0 aromatic heterocycles. The Morgan fingerprint density at radius 1 is 0.436 bits per heavy atom. The van der Waals surface area contributed by atoms with E-state index >= 15 is 0 Å². The number of azo groups is 2. The standard InChI is InChI=1S/C44H59N4O6P/c1-3-5-15-37-17-21-39(22-18-37)45-47-41-25-29-43(30-26-41)51-33-11-7-9-13-35-53-55(49,50)54-36-14-10-8-12-34-52-44-31-27-42(28-32-44)48-46-40-23-19-38(20-24-40)16-6-4-2/h17-32H,3-16,33-36H2,1-2H3,(H,49,50)/p-1. The third-order valence-corrected chi connectivity index (χ3v) is 9.86. The van der Waals surface area contributed by atoms with Crippen LogP contribution in [0, 0.1) is 0 Å². The van der Waals surface area contributed by atoms with E-state index in [-0.39, 0.29) is 13.2 Å². The van der Waals surface area contributed by atoms with Crippen LogP contribution in [0.4, 0.5) is 22.7 Å². The lowest BCUT2D eigenvalue weighted by atomic mass is 10.1. The van der Waals surface area contributed by atoms with Gasteiger partial charge in [0.2, 0.25) is 0 Å². The Kier molecular flexibility index (Phi) is 20.4. The summed E-state index contributed by atoms with van der Waals surface area (Å²) in [7, 11) is -4.29. The molecule has 0 N–H and O–H groups in total. The molecule has 0 radical (unpaired) electrons. The summed E-state index contributed by atoms with van der Waals surface area (Å²) >= 11 is 0. The SMILES string of the molecule is CCCCc1ccc(N=Nc2ccc(OCCCCCCOP(=O)([O-])OCCCCCCOc3ccc(N=Nc4ccc(CCCC)cc4)cc3)cc2)cc1. The summed E-state index contributed by atoms with van der Waals surface area (Å²) in [5.74, 6) is 1.56. The number of phosphoric ester groups is 1. The van der Waals surface area contributed by atoms with E-state index in [1.54, 1.807) is 0 Å². The number of hydrogen-bond donors (Lipinski definition) is 0. The smallest absolute Gasteiger partial charge is 0.267 e. The van der Waals surface area contributed by atoms with E-state index in [1.165, 1.54) is 36.8 Å². The third kappa shape index (κ3) is 18.8. The van der Waals surface area contributed by atoms with E-state index < -0.39 is 7.82 Å². The van der Waals surface area contributed by atoms with Crippen molar-refractivity contribution in [1.29, 1.82) is 0 Å². The minimum absolute atomic E-state index is 0.120. The number of rotatable bonds is 28. The van der Waals surface area contributed by atoms with E-state index in [0.717, 1.165) is 85.6 Å². The molecule has 296 valence electrons. The van der Waals surface area contributed by atoms with Gasteiger partial charge in [0.15, 0.2) is 0 Å². The van der Waals surface area contributed by atoms with Crippen molar-refractivity contribution in [3.8, 4) is 11.5 Å². The van der Waals surface area contributed by atoms with Crippen LogP contribution in [-0.4, -0.2) is 26.4 Å². The molecule has 0 fully saturated rings. The van der Waals surface area contributed by atoms with Crippen molar-refractivity contribution < 1.29 is 28.0 Å². The minimum atomic E-state index is -4.29. The summed E-state index contributed by atoms with van der Waals surface area (Å²) in [6.07, 6.45) is 13.4. The van der Waals surface area contributed by atoms with Crippen LogP contribution in [-0.2, 0) is 26.5 Å². The highest BCUT2D eigenvalue weighted by Gasteiger charge is 2.09. The van der Waals surface area contributed by atoms with Crippen LogP contribution in [0.15, 0.2) is 118 Å². The Morgan fingerprint density at radius 2 is 0.745 bits per heavy atom. The van der Waals surface area contributed by atoms with Gasteiger partial charge in [-0.1, -0.05) is 63.8 Å². The van der Waals surface area contributed by atoms with Crippen molar-refractivity contribution in [3.05, 3.63) is 108 Å². The van der Waals surface area contributed by atoms with Crippen molar-refractivity contribution in [1.82, 2.24) is 0 Å². The molecule has 0 aliphatic heterocycles. The fourth-order valence-corrected chi connectivity index (χ4v) is 6.33. The molecule has 4 aromatic rings. The lowest BCUT2D eigenvalue weighted by Gasteiger charge is -2.22. The largest absolute Gasteiger partial charge is 0.756 e. The van der Waals surface area contributed by atoms with Crippen molar-refractivity contribution in [2.45, 2.75) is 104 Å². The molecule has 0 heterocycles. The molecular weight excluding hydrogens is 711 g/mol. The summed E-state index contributed by atoms with van der Waals surface area (Å²) in [5, 5.41) is 17.3. The summed E-state index contributed by atoms with van der Waals surface area (Å²) in [5.41, 5.74) is 5.85. The molecule has 11 heteroatoms. The molecule has 0 bridgehead atoms. The maximum Gasteiger partial charge on any atom is 0.267 e. The zero-order chi connectivity index (χ0) is 38.8. The molecular formula is C44H58N4O6P-. The summed E-state index contributed by atoms with van der Waals surface area (Å²) in [6, 6.07) is 31.6. The van der Waals surface area contributed by atoms with Gasteiger partial charge in [-0.3, -0.25) is 4.57 Å². The normalized spacial score (nSPS) is 12.7. The lowest BCUT2D eigenvalue weighted by Crippen LogP contribution is -2.10. The fraction of sp³-hybridized carbons (Fsp3) is 0.455. The van der Waals surface area contributed by atoms with Gasteiger partial charge in [0.25, 0.3) is 7.82 Å². The molecule has 0 spiro atoms. The van der Waals surface area contributed by atoms with E-state index in [9.17, 15) is 9.46 Å². The van der Waals surface area contributed by atoms with Crippen LogP contribution in [0.2, 0.25) is 0 Å². The zero-order valence-electron chi connectivity index (χ0n) is 32.7. The second kappa shape index (κ2) is 25.8. The van der Waals surface area contributed by atoms with Gasteiger partial charge in [0, 0.05) is 0 Å². The average Bonchev–Trinajstić information content (AvgIpc) is 3.21. The molecule has 0 aliphatic carbocycles. The highest BCUT2D eigenvalue weighted by molar-refractivity contribution is 7.45. The van der Waals surface area contributed by atoms with E-state index in [2.05, 4.69) is 58.6 Å². The number of benzene rings is 4. The first kappa shape index (κ1) is 43.5. The first-order chi connectivity index (χ1) is 26.9. The number of phosphoric acid groups is 1. The Balaban J connectivity index is 0.950. The summed E-state index contributed by atoms with van der Waals surface area (Å²) in [4.78, 5) is 12.1. The number of ether oxygens (including phenoxy) is 2. The Bertz CT molecular complexity index is 1590. The highest BCUT2D eigenvalue weighted by atomic mass is 31.2. The summed E-state index contributed by atoms with van der Waals surface area (Å²) in [6.45, 7) is 5.79. The Labute approximate surface area is 328 Å². The topological polar surface area (TPSA) is 126 Å². The number of aryl methyl sites for hydroxylation is 2. The Morgan fingerprint density at radius 3 is 1.07 bits per heavy atom. The molecule has 10 nitrogen and oxygen atoms in total. The molecule has 0 atom stereocenters. The zero-order valence-corrected chi connectivity index (χ0v) is 33.5. The average molecular weight is 770 g/mol. The lowest BCUT2D eigenvalue weighted by molar-refractivity contribution is -0.225. The second-order valence-corrected chi connectivity index (χ2v) is 15.0. The quantitative estimate of drug-likeness (QED) is 0.0321. The molecule has 55 heavy (non-hydrogen) atoms. The third-order valence-electron chi connectivity index (χ3n) is 8.86. The van der Waals surface area contributed by atoms with Crippen LogP contribution < -0.4 is 14.4 Å². The number of hydrogen-bond acceptors (Lipinski definition) is 10. The maximum absolute atomic E-state index is 12.1. The van der Waals surface area contributed by atoms with Crippen molar-refractivity contribution in [2.75, 3.05) is 26.4 Å². The van der Waals surface area contributed by atoms with Crippen LogP contribution in [0.3, 0.4) is 0 Å². The van der Waals surface area contributed by atoms with Crippen LogP contribution >= 0.6 is 7.82 Å². The number of nitrogens with zero attached hydrogens (tertiary/aromatic N) is 4. The highest BCUT2D eigenvalue weighted by Crippen LogP contribution is 2.38. The molecule has 4 aromatic carbocycles. The van der Waals surface area contributed by atoms with E-state index in [4.69, 9.17) is 18.5 Å². The molecule has 0 amide bonds. The van der Waals surface area contributed by atoms with Crippen LogP contribution in [0.25, 0.3) is 0 Å². The predicted molar refractivity (Wildman–Crippen MR) is 219 cm³/mol. The Hall–Kier alpha value is -4.21. The molecule has 0 saturated carbocycles. The summed E-state index contributed by atoms with van der Waals surface area (Å²) < 4.78 is 33.8. The van der Waals surface area contributed by atoms with Gasteiger partial charge in [-0.25, -0.2) is 0 Å². The van der Waals surface area contributed by atoms with Gasteiger partial charge in [-0.2, -0.15) is 20.5 Å². The molecule has 0 unspecified atom stereocenters. The second-order valence-electron chi connectivity index (χ2n) is 13.6. The van der Waals surface area contributed by atoms with Crippen molar-refractivity contribution in [3.63, 3.8) is 0 Å². The van der Waals surface area contributed by atoms with Gasteiger partial charge >= 0.3 is 0 Å². The van der Waals surface area contributed by atoms with Gasteiger partial charge in [-0.15, -0.1) is 0 Å². The molecule has 0 aliphatic rings. The number of unbranched alkanes of at least 4 members (excludes halogenated alkanes) is 8. The fourth-order valence-electron chi connectivity index (χ4n) is 5.55. The van der Waals surface area contributed by atoms with Crippen LogP contribution in [0.5, 0.6) is 11.5 Å².